The molecular weight excluding hydrogens is 376 g/mol. The first-order chi connectivity index (χ1) is 14.6. The fraction of sp³-hybridized carbons (Fsp3) is 0.923. The number of unbranched alkanes of at least 4 members (excludes halogenated alkanes) is 13. The van der Waals surface area contributed by atoms with E-state index in [4.69, 9.17) is 9.47 Å². The maximum atomic E-state index is 11.7. The van der Waals surface area contributed by atoms with Crippen molar-refractivity contribution in [1.82, 2.24) is 0 Å². The number of esters is 2. The van der Waals surface area contributed by atoms with Crippen molar-refractivity contribution in [3.8, 4) is 0 Å². The van der Waals surface area contributed by atoms with Crippen LogP contribution in [0.5, 0.6) is 0 Å². The van der Waals surface area contributed by atoms with Crippen molar-refractivity contribution in [2.24, 2.45) is 5.92 Å². The molecule has 0 heterocycles. The van der Waals surface area contributed by atoms with Gasteiger partial charge in [0.05, 0.1) is 19.1 Å². The zero-order chi connectivity index (χ0) is 22.3. The molecule has 0 radical (unpaired) electrons. The van der Waals surface area contributed by atoms with Gasteiger partial charge in [-0.1, -0.05) is 104 Å². The normalized spacial score (nSPS) is 12.0. The first kappa shape index (κ1) is 28.9. The second-order valence-electron chi connectivity index (χ2n) is 8.78. The van der Waals surface area contributed by atoms with Gasteiger partial charge < -0.3 is 9.47 Å². The van der Waals surface area contributed by atoms with Crippen molar-refractivity contribution >= 4 is 11.9 Å². The van der Waals surface area contributed by atoms with Crippen LogP contribution in [0.1, 0.15) is 136 Å². The van der Waals surface area contributed by atoms with E-state index in [0.29, 0.717) is 19.6 Å². The van der Waals surface area contributed by atoms with Gasteiger partial charge in [0.2, 0.25) is 0 Å². The van der Waals surface area contributed by atoms with Crippen LogP contribution in [0.2, 0.25) is 0 Å². The summed E-state index contributed by atoms with van der Waals surface area (Å²) in [6.45, 7) is 7.16. The third-order valence-corrected chi connectivity index (χ3v) is 5.59. The number of hydrogen-bond acceptors (Lipinski definition) is 4. The molecule has 0 aromatic rings. The Bertz CT molecular complexity index is 394. The summed E-state index contributed by atoms with van der Waals surface area (Å²) in [4.78, 5) is 23.1. The summed E-state index contributed by atoms with van der Waals surface area (Å²) >= 11 is 0. The van der Waals surface area contributed by atoms with E-state index in [1.165, 1.54) is 70.6 Å². The fourth-order valence-corrected chi connectivity index (χ4v) is 3.59. The van der Waals surface area contributed by atoms with Gasteiger partial charge in [0, 0.05) is 6.42 Å². The van der Waals surface area contributed by atoms with Gasteiger partial charge in [0.25, 0.3) is 0 Å². The molecule has 0 aliphatic carbocycles. The Morgan fingerprint density at radius 2 is 1.00 bits per heavy atom. The third-order valence-electron chi connectivity index (χ3n) is 5.59. The lowest BCUT2D eigenvalue weighted by Gasteiger charge is -2.10. The Balaban J connectivity index is 3.21. The minimum Gasteiger partial charge on any atom is -0.466 e. The summed E-state index contributed by atoms with van der Waals surface area (Å²) in [5, 5.41) is 0. The Labute approximate surface area is 186 Å². The van der Waals surface area contributed by atoms with E-state index in [2.05, 4.69) is 0 Å². The highest BCUT2D eigenvalue weighted by Gasteiger charge is 2.13. The molecule has 0 saturated carbocycles. The largest absolute Gasteiger partial charge is 0.466 e. The second-order valence-corrected chi connectivity index (χ2v) is 8.78. The summed E-state index contributed by atoms with van der Waals surface area (Å²) in [7, 11) is 0. The van der Waals surface area contributed by atoms with Crippen LogP contribution in [-0.4, -0.2) is 25.2 Å². The molecule has 0 rings (SSSR count). The average molecular weight is 427 g/mol. The molecule has 0 spiro atoms. The monoisotopic (exact) mass is 426 g/mol. The summed E-state index contributed by atoms with van der Waals surface area (Å²) in [6, 6.07) is 0. The SMILES string of the molecule is CCCOC(=O)CCCCCCCCCCCCCCCCC(C)C(=O)OCCC. The highest BCUT2D eigenvalue weighted by Crippen LogP contribution is 2.15. The van der Waals surface area contributed by atoms with E-state index >= 15 is 0 Å². The van der Waals surface area contributed by atoms with E-state index in [1.54, 1.807) is 0 Å². The number of carbonyl (C=O) groups excluding carboxylic acids is 2. The van der Waals surface area contributed by atoms with Crippen LogP contribution in [0.15, 0.2) is 0 Å². The molecule has 0 aliphatic rings. The Hall–Kier alpha value is -1.06. The van der Waals surface area contributed by atoms with Gasteiger partial charge in [0.15, 0.2) is 0 Å². The van der Waals surface area contributed by atoms with Crippen LogP contribution in [0.3, 0.4) is 0 Å². The van der Waals surface area contributed by atoms with E-state index in [1.807, 2.05) is 20.8 Å². The molecule has 0 N–H and O–H groups in total. The van der Waals surface area contributed by atoms with E-state index < -0.39 is 0 Å². The maximum absolute atomic E-state index is 11.7. The number of hydrogen-bond donors (Lipinski definition) is 0. The van der Waals surface area contributed by atoms with E-state index in [9.17, 15) is 9.59 Å². The molecule has 30 heavy (non-hydrogen) atoms. The zero-order valence-electron chi connectivity index (χ0n) is 20.4. The van der Waals surface area contributed by atoms with Crippen molar-refractivity contribution in [2.45, 2.75) is 136 Å². The molecule has 0 aromatic carbocycles. The van der Waals surface area contributed by atoms with Gasteiger partial charge in [-0.05, 0) is 25.7 Å². The molecule has 0 saturated heterocycles. The smallest absolute Gasteiger partial charge is 0.308 e. The summed E-state index contributed by atoms with van der Waals surface area (Å²) in [5.41, 5.74) is 0. The zero-order valence-corrected chi connectivity index (χ0v) is 20.4. The van der Waals surface area contributed by atoms with Crippen molar-refractivity contribution in [2.75, 3.05) is 13.2 Å². The predicted octanol–water partition coefficient (Wildman–Crippen LogP) is 7.77. The standard InChI is InChI=1S/C26H50O4/c1-4-22-29-25(27)21-19-17-15-13-11-9-7-6-8-10-12-14-16-18-20-24(3)26(28)30-23-5-2/h24H,4-23H2,1-3H3. The first-order valence-corrected chi connectivity index (χ1v) is 12.9. The van der Waals surface area contributed by atoms with Crippen molar-refractivity contribution in [3.63, 3.8) is 0 Å². The Morgan fingerprint density at radius 1 is 0.600 bits per heavy atom. The molecule has 1 atom stereocenters. The summed E-state index contributed by atoms with van der Waals surface area (Å²) < 4.78 is 10.3. The number of carbonyl (C=O) groups is 2. The minimum atomic E-state index is -0.0291. The number of ether oxygens (including phenoxy) is 2. The molecule has 4 nitrogen and oxygen atoms in total. The van der Waals surface area contributed by atoms with Gasteiger partial charge in [-0.2, -0.15) is 0 Å². The first-order valence-electron chi connectivity index (χ1n) is 12.9. The van der Waals surface area contributed by atoms with Crippen LogP contribution in [0.25, 0.3) is 0 Å². The quantitative estimate of drug-likeness (QED) is 0.131. The molecule has 0 aliphatic heterocycles. The van der Waals surface area contributed by atoms with E-state index in [0.717, 1.165) is 38.5 Å². The predicted molar refractivity (Wildman–Crippen MR) is 126 cm³/mol. The minimum absolute atomic E-state index is 0.0241. The van der Waals surface area contributed by atoms with Crippen LogP contribution >= 0.6 is 0 Å². The van der Waals surface area contributed by atoms with Gasteiger partial charge >= 0.3 is 11.9 Å². The van der Waals surface area contributed by atoms with Crippen LogP contribution < -0.4 is 0 Å². The van der Waals surface area contributed by atoms with Gasteiger partial charge in [0.1, 0.15) is 0 Å². The Morgan fingerprint density at radius 3 is 1.47 bits per heavy atom. The molecule has 0 bridgehead atoms. The topological polar surface area (TPSA) is 52.6 Å². The van der Waals surface area contributed by atoms with Gasteiger partial charge in [-0.3, -0.25) is 9.59 Å². The molecule has 4 heteroatoms. The lowest BCUT2D eigenvalue weighted by Crippen LogP contribution is -2.15. The van der Waals surface area contributed by atoms with Crippen LogP contribution in [0, 0.1) is 5.92 Å². The molecular formula is C26H50O4. The summed E-state index contributed by atoms with van der Waals surface area (Å²) in [6.07, 6.45) is 21.2. The molecule has 0 fully saturated rings. The molecule has 1 unspecified atom stereocenters. The van der Waals surface area contributed by atoms with E-state index in [-0.39, 0.29) is 17.9 Å². The number of rotatable bonds is 22. The molecule has 178 valence electrons. The van der Waals surface area contributed by atoms with Gasteiger partial charge in [-0.25, -0.2) is 0 Å². The van der Waals surface area contributed by atoms with Crippen molar-refractivity contribution < 1.29 is 19.1 Å². The highest BCUT2D eigenvalue weighted by atomic mass is 16.5. The Kier molecular flexibility index (Phi) is 21.8. The second kappa shape index (κ2) is 22.6. The average Bonchev–Trinajstić information content (AvgIpc) is 2.75. The maximum Gasteiger partial charge on any atom is 0.308 e. The lowest BCUT2D eigenvalue weighted by molar-refractivity contribution is -0.148. The van der Waals surface area contributed by atoms with Gasteiger partial charge in [-0.15, -0.1) is 0 Å². The van der Waals surface area contributed by atoms with Crippen molar-refractivity contribution in [3.05, 3.63) is 0 Å². The van der Waals surface area contributed by atoms with Crippen molar-refractivity contribution in [1.29, 1.82) is 0 Å². The van der Waals surface area contributed by atoms with Crippen LogP contribution in [0.4, 0.5) is 0 Å². The third kappa shape index (κ3) is 20.2. The fourth-order valence-electron chi connectivity index (χ4n) is 3.59. The summed E-state index contributed by atoms with van der Waals surface area (Å²) in [5.74, 6) is 0.00123. The lowest BCUT2D eigenvalue weighted by atomic mass is 10.0. The molecule has 0 aromatic heterocycles. The van der Waals surface area contributed by atoms with Crippen LogP contribution in [-0.2, 0) is 19.1 Å². The highest BCUT2D eigenvalue weighted by molar-refractivity contribution is 5.71. The molecule has 0 amide bonds.